The van der Waals surface area contributed by atoms with Crippen molar-refractivity contribution in [1.82, 2.24) is 0 Å². The van der Waals surface area contributed by atoms with Crippen LogP contribution in [0.1, 0.15) is 17.3 Å². The van der Waals surface area contributed by atoms with Gasteiger partial charge in [-0.3, -0.25) is 9.59 Å². The van der Waals surface area contributed by atoms with Gasteiger partial charge in [0.1, 0.15) is 5.75 Å². The molecule has 1 rings (SSSR count). The van der Waals surface area contributed by atoms with Crippen molar-refractivity contribution in [3.63, 3.8) is 0 Å². The molecule has 80 valence electrons. The summed E-state index contributed by atoms with van der Waals surface area (Å²) in [6.45, 7) is 1.38. The first-order valence-corrected chi connectivity index (χ1v) is 4.56. The van der Waals surface area contributed by atoms with E-state index in [9.17, 15) is 9.59 Å². The predicted molar refractivity (Wildman–Crippen MR) is 57.7 cm³/mol. The molecule has 1 amide bonds. The average Bonchev–Trinajstić information content (AvgIpc) is 2.17. The fraction of sp³-hybridized carbons (Fsp3) is 0.200. The van der Waals surface area contributed by atoms with Gasteiger partial charge < -0.3 is 10.1 Å². The van der Waals surface area contributed by atoms with E-state index < -0.39 is 0 Å². The zero-order valence-corrected chi connectivity index (χ0v) is 9.09. The van der Waals surface area contributed by atoms with Gasteiger partial charge in [-0.15, -0.1) is 0 Å². The van der Waals surface area contributed by atoms with Crippen LogP contribution in [0.3, 0.4) is 0 Å². The minimum Gasteiger partial charge on any atom is -0.495 e. The Hall–Kier alpha value is -1.55. The maximum Gasteiger partial charge on any atom is 0.221 e. The van der Waals surface area contributed by atoms with Crippen LogP contribution in [-0.2, 0) is 4.79 Å². The number of carbonyl (C=O) groups excluding carboxylic acids is 2. The van der Waals surface area contributed by atoms with Crippen molar-refractivity contribution >= 4 is 29.5 Å². The molecule has 0 saturated heterocycles. The second kappa shape index (κ2) is 4.79. The molecule has 0 unspecified atom stereocenters. The number of rotatable bonds is 3. The van der Waals surface area contributed by atoms with Crippen LogP contribution in [0.25, 0.3) is 0 Å². The van der Waals surface area contributed by atoms with Crippen molar-refractivity contribution in [3.8, 4) is 5.75 Å². The topological polar surface area (TPSA) is 55.4 Å². The van der Waals surface area contributed by atoms with E-state index >= 15 is 0 Å². The number of nitrogens with one attached hydrogen (secondary N) is 1. The number of hydrogen-bond acceptors (Lipinski definition) is 3. The molecule has 0 aromatic heterocycles. The quantitative estimate of drug-likeness (QED) is 0.805. The Balaban J connectivity index is 3.20. The maximum absolute atomic E-state index is 10.9. The van der Waals surface area contributed by atoms with Gasteiger partial charge in [0, 0.05) is 12.5 Å². The van der Waals surface area contributed by atoms with Crippen LogP contribution in [0.2, 0.25) is 5.02 Å². The number of halogens is 1. The van der Waals surface area contributed by atoms with E-state index in [1.165, 1.54) is 26.2 Å². The molecule has 15 heavy (non-hydrogen) atoms. The van der Waals surface area contributed by atoms with Crippen LogP contribution in [0.15, 0.2) is 12.1 Å². The van der Waals surface area contributed by atoms with Gasteiger partial charge >= 0.3 is 0 Å². The predicted octanol–water partition coefficient (Wildman–Crippen LogP) is 2.12. The largest absolute Gasteiger partial charge is 0.495 e. The van der Waals surface area contributed by atoms with Crippen molar-refractivity contribution in [2.75, 3.05) is 12.4 Å². The van der Waals surface area contributed by atoms with Crippen molar-refractivity contribution < 1.29 is 14.3 Å². The highest BCUT2D eigenvalue weighted by Crippen LogP contribution is 2.30. The molecule has 0 bridgehead atoms. The molecule has 0 aliphatic carbocycles. The summed E-state index contributed by atoms with van der Waals surface area (Å²) < 4.78 is 5.01. The van der Waals surface area contributed by atoms with Crippen LogP contribution >= 0.6 is 11.6 Å². The first-order chi connectivity index (χ1) is 7.08. The minimum atomic E-state index is -0.233. The van der Waals surface area contributed by atoms with Gasteiger partial charge in [-0.05, 0) is 12.1 Å². The molecule has 4 nitrogen and oxygen atoms in total. The summed E-state index contributed by atoms with van der Waals surface area (Å²) in [5.41, 5.74) is 0.767. The molecular weight excluding hydrogens is 218 g/mol. The highest BCUT2D eigenvalue weighted by atomic mass is 35.5. The lowest BCUT2D eigenvalue weighted by atomic mass is 10.2. The van der Waals surface area contributed by atoms with Gasteiger partial charge in [-0.2, -0.15) is 0 Å². The van der Waals surface area contributed by atoms with E-state index in [2.05, 4.69) is 5.32 Å². The fourth-order valence-electron chi connectivity index (χ4n) is 1.12. The molecule has 0 aliphatic rings. The maximum atomic E-state index is 10.9. The minimum absolute atomic E-state index is 0.233. The molecule has 0 spiro atoms. The van der Waals surface area contributed by atoms with E-state index in [1.54, 1.807) is 0 Å². The van der Waals surface area contributed by atoms with Crippen LogP contribution in [0, 0.1) is 0 Å². The average molecular weight is 228 g/mol. The van der Waals surface area contributed by atoms with E-state index in [0.717, 1.165) is 0 Å². The van der Waals surface area contributed by atoms with Crippen molar-refractivity contribution in [2.24, 2.45) is 0 Å². The molecule has 0 radical (unpaired) electrons. The number of anilines is 1. The van der Waals surface area contributed by atoms with Gasteiger partial charge in [0.15, 0.2) is 6.29 Å². The van der Waals surface area contributed by atoms with E-state index in [0.29, 0.717) is 23.3 Å². The number of carbonyl (C=O) groups is 2. The van der Waals surface area contributed by atoms with Gasteiger partial charge in [0.25, 0.3) is 0 Å². The number of amides is 1. The van der Waals surface area contributed by atoms with Gasteiger partial charge in [0.2, 0.25) is 5.91 Å². The summed E-state index contributed by atoms with van der Waals surface area (Å²) in [6.07, 6.45) is 0.627. The van der Waals surface area contributed by atoms with Gasteiger partial charge in [-0.25, -0.2) is 0 Å². The van der Waals surface area contributed by atoms with Crippen LogP contribution < -0.4 is 10.1 Å². The third-order valence-electron chi connectivity index (χ3n) is 1.76. The Labute approximate surface area is 92.2 Å². The van der Waals surface area contributed by atoms with Gasteiger partial charge in [0.05, 0.1) is 17.8 Å². The second-order valence-corrected chi connectivity index (χ2v) is 3.28. The molecule has 0 fully saturated rings. The number of hydrogen-bond donors (Lipinski definition) is 1. The smallest absolute Gasteiger partial charge is 0.221 e. The summed E-state index contributed by atoms with van der Waals surface area (Å²) in [7, 11) is 1.45. The van der Waals surface area contributed by atoms with Crippen molar-refractivity contribution in [2.45, 2.75) is 6.92 Å². The Kier molecular flexibility index (Phi) is 3.68. The summed E-state index contributed by atoms with van der Waals surface area (Å²) >= 11 is 5.80. The van der Waals surface area contributed by atoms with Crippen LogP contribution in [0.5, 0.6) is 5.75 Å². The normalized spacial score (nSPS) is 9.53. The molecule has 1 aromatic rings. The second-order valence-electron chi connectivity index (χ2n) is 2.87. The Morgan fingerprint density at radius 3 is 2.67 bits per heavy atom. The first kappa shape index (κ1) is 11.5. The molecule has 0 saturated carbocycles. The van der Waals surface area contributed by atoms with Crippen molar-refractivity contribution in [1.29, 1.82) is 0 Å². The zero-order valence-electron chi connectivity index (χ0n) is 8.33. The Morgan fingerprint density at radius 2 is 2.20 bits per heavy atom. The van der Waals surface area contributed by atoms with Crippen LogP contribution in [-0.4, -0.2) is 19.3 Å². The lowest BCUT2D eigenvalue weighted by Crippen LogP contribution is -2.07. The number of methoxy groups -OCH3 is 1. The van der Waals surface area contributed by atoms with E-state index in [-0.39, 0.29) is 10.9 Å². The molecule has 0 atom stereocenters. The fourth-order valence-corrected chi connectivity index (χ4v) is 1.32. The monoisotopic (exact) mass is 227 g/mol. The first-order valence-electron chi connectivity index (χ1n) is 4.18. The lowest BCUT2D eigenvalue weighted by Gasteiger charge is -2.10. The third kappa shape index (κ3) is 2.70. The standard InChI is InChI=1S/C10H10ClNO3/c1-6(14)12-9-4-8(11)7(5-13)3-10(9)15-2/h3-5H,1-2H3,(H,12,14). The highest BCUT2D eigenvalue weighted by molar-refractivity contribution is 6.33. The SMILES string of the molecule is COc1cc(C=O)c(Cl)cc1NC(C)=O. The number of benzene rings is 1. The number of aldehydes is 1. The van der Waals surface area contributed by atoms with E-state index in [4.69, 9.17) is 16.3 Å². The molecule has 1 N–H and O–H groups in total. The zero-order chi connectivity index (χ0) is 11.4. The molecular formula is C10H10ClNO3. The number of ether oxygens (including phenoxy) is 1. The highest BCUT2D eigenvalue weighted by Gasteiger charge is 2.09. The molecule has 0 heterocycles. The van der Waals surface area contributed by atoms with Crippen LogP contribution in [0.4, 0.5) is 5.69 Å². The molecule has 0 aliphatic heterocycles. The molecule has 1 aromatic carbocycles. The summed E-state index contributed by atoms with van der Waals surface area (Å²) in [6, 6.07) is 2.95. The lowest BCUT2D eigenvalue weighted by molar-refractivity contribution is -0.114. The Bertz CT molecular complexity index is 404. The summed E-state index contributed by atoms with van der Waals surface area (Å²) in [4.78, 5) is 21.5. The Morgan fingerprint density at radius 1 is 1.53 bits per heavy atom. The summed E-state index contributed by atoms with van der Waals surface area (Å²) in [5.74, 6) is 0.167. The van der Waals surface area contributed by atoms with Crippen molar-refractivity contribution in [3.05, 3.63) is 22.7 Å². The van der Waals surface area contributed by atoms with Gasteiger partial charge in [-0.1, -0.05) is 11.6 Å². The molecule has 5 heteroatoms. The third-order valence-corrected chi connectivity index (χ3v) is 2.08. The van der Waals surface area contributed by atoms with E-state index in [1.807, 2.05) is 0 Å². The summed E-state index contributed by atoms with van der Waals surface area (Å²) in [5, 5.41) is 2.82.